The Labute approximate surface area is 118 Å². The van der Waals surface area contributed by atoms with Gasteiger partial charge in [0.25, 0.3) is 0 Å². The van der Waals surface area contributed by atoms with Gasteiger partial charge in [-0.1, -0.05) is 12.1 Å². The molecule has 1 aromatic rings. The third-order valence-electron chi connectivity index (χ3n) is 3.12. The molecular weight excluding hydrogens is 260 g/mol. The lowest BCUT2D eigenvalue weighted by molar-refractivity contribution is -0.119. The van der Waals surface area contributed by atoms with Crippen LogP contribution in [0.3, 0.4) is 0 Å². The molecule has 3 N–H and O–H groups in total. The molecule has 1 saturated heterocycles. The number of hydrogen-bond donors (Lipinski definition) is 3. The predicted molar refractivity (Wildman–Crippen MR) is 73.9 cm³/mol. The van der Waals surface area contributed by atoms with E-state index in [1.807, 2.05) is 12.1 Å². The van der Waals surface area contributed by atoms with Gasteiger partial charge in [0.05, 0.1) is 7.11 Å². The minimum Gasteiger partial charge on any atom is -0.493 e. The highest BCUT2D eigenvalue weighted by Crippen LogP contribution is 2.25. The van der Waals surface area contributed by atoms with E-state index in [4.69, 9.17) is 9.47 Å². The van der Waals surface area contributed by atoms with Crippen LogP contribution in [0.5, 0.6) is 11.5 Å². The van der Waals surface area contributed by atoms with Crippen LogP contribution < -0.4 is 20.1 Å². The van der Waals surface area contributed by atoms with Crippen molar-refractivity contribution >= 4 is 5.91 Å². The highest BCUT2D eigenvalue weighted by atomic mass is 16.5. The standard InChI is InChI=1S/C14H20N2O4/c1-19-12-4-2-3-5-13(12)20-9-11(17)8-15-10-6-14(18)16-7-10/h2-5,10-11,15,17H,6-9H2,1H3,(H,16,18). The quantitative estimate of drug-likeness (QED) is 0.650. The van der Waals surface area contributed by atoms with Gasteiger partial charge in [0.2, 0.25) is 5.91 Å². The summed E-state index contributed by atoms with van der Waals surface area (Å²) in [4.78, 5) is 11.0. The smallest absolute Gasteiger partial charge is 0.221 e. The van der Waals surface area contributed by atoms with E-state index in [1.165, 1.54) is 0 Å². The molecule has 0 aliphatic carbocycles. The van der Waals surface area contributed by atoms with Crippen molar-refractivity contribution in [2.75, 3.05) is 26.8 Å². The van der Waals surface area contributed by atoms with Crippen LogP contribution in [0.15, 0.2) is 24.3 Å². The number of ether oxygens (including phenoxy) is 2. The van der Waals surface area contributed by atoms with Crippen molar-refractivity contribution in [2.24, 2.45) is 0 Å². The van der Waals surface area contributed by atoms with Crippen molar-refractivity contribution in [2.45, 2.75) is 18.6 Å². The second kappa shape index (κ2) is 7.12. The number of nitrogens with one attached hydrogen (secondary N) is 2. The van der Waals surface area contributed by atoms with Gasteiger partial charge in [-0.05, 0) is 12.1 Å². The van der Waals surface area contributed by atoms with Gasteiger partial charge in [0, 0.05) is 25.6 Å². The van der Waals surface area contributed by atoms with Crippen LogP contribution in [0.25, 0.3) is 0 Å². The molecule has 1 fully saturated rings. The van der Waals surface area contributed by atoms with E-state index in [1.54, 1.807) is 19.2 Å². The number of benzene rings is 1. The molecule has 1 aromatic carbocycles. The number of hydrogen-bond acceptors (Lipinski definition) is 5. The molecule has 1 heterocycles. The summed E-state index contributed by atoms with van der Waals surface area (Å²) in [5.74, 6) is 1.28. The SMILES string of the molecule is COc1ccccc1OCC(O)CNC1CNC(=O)C1. The normalized spacial score (nSPS) is 19.5. The molecule has 2 unspecified atom stereocenters. The molecule has 1 aliphatic heterocycles. The molecule has 6 heteroatoms. The van der Waals surface area contributed by atoms with Crippen LogP contribution in [0.2, 0.25) is 0 Å². The predicted octanol–water partition coefficient (Wildman–Crippen LogP) is -0.0870. The third kappa shape index (κ3) is 4.11. The maximum Gasteiger partial charge on any atom is 0.221 e. The van der Waals surface area contributed by atoms with Crippen molar-refractivity contribution in [3.63, 3.8) is 0 Å². The summed E-state index contributed by atoms with van der Waals surface area (Å²) < 4.78 is 10.7. The number of para-hydroxylation sites is 2. The van der Waals surface area contributed by atoms with Crippen LogP contribution in [-0.2, 0) is 4.79 Å². The molecule has 0 aromatic heterocycles. The van der Waals surface area contributed by atoms with Crippen LogP contribution in [0.4, 0.5) is 0 Å². The van der Waals surface area contributed by atoms with E-state index in [9.17, 15) is 9.90 Å². The molecule has 0 radical (unpaired) electrons. The van der Waals surface area contributed by atoms with Gasteiger partial charge in [-0.15, -0.1) is 0 Å². The molecule has 1 amide bonds. The summed E-state index contributed by atoms with van der Waals surface area (Å²) >= 11 is 0. The first-order valence-corrected chi connectivity index (χ1v) is 6.63. The van der Waals surface area contributed by atoms with Crippen molar-refractivity contribution < 1.29 is 19.4 Å². The number of carbonyl (C=O) groups excluding carboxylic acids is 1. The maximum atomic E-state index is 11.0. The number of aliphatic hydroxyl groups excluding tert-OH is 1. The average Bonchev–Trinajstić information content (AvgIpc) is 2.89. The van der Waals surface area contributed by atoms with E-state index in [0.717, 1.165) is 0 Å². The fourth-order valence-corrected chi connectivity index (χ4v) is 2.04. The summed E-state index contributed by atoms with van der Waals surface area (Å²) in [5.41, 5.74) is 0. The summed E-state index contributed by atoms with van der Waals surface area (Å²) in [5, 5.41) is 15.7. The van der Waals surface area contributed by atoms with Crippen molar-refractivity contribution in [1.82, 2.24) is 10.6 Å². The summed E-state index contributed by atoms with van der Waals surface area (Å²) in [6.07, 6.45) is -0.185. The number of rotatable bonds is 7. The van der Waals surface area contributed by atoms with Gasteiger partial charge < -0.3 is 25.2 Å². The van der Waals surface area contributed by atoms with Crippen LogP contribution >= 0.6 is 0 Å². The zero-order chi connectivity index (χ0) is 14.4. The molecule has 2 rings (SSSR count). The average molecular weight is 280 g/mol. The minimum atomic E-state index is -0.643. The van der Waals surface area contributed by atoms with Gasteiger partial charge >= 0.3 is 0 Å². The Hall–Kier alpha value is -1.79. The van der Waals surface area contributed by atoms with E-state index in [-0.39, 0.29) is 18.6 Å². The van der Waals surface area contributed by atoms with Crippen molar-refractivity contribution in [3.8, 4) is 11.5 Å². The van der Waals surface area contributed by atoms with Gasteiger partial charge in [0.15, 0.2) is 11.5 Å². The monoisotopic (exact) mass is 280 g/mol. The molecule has 0 bridgehead atoms. The maximum absolute atomic E-state index is 11.0. The Bertz CT molecular complexity index is 453. The van der Waals surface area contributed by atoms with Crippen molar-refractivity contribution in [3.05, 3.63) is 24.3 Å². The van der Waals surface area contributed by atoms with E-state index < -0.39 is 6.10 Å². The second-order valence-corrected chi connectivity index (χ2v) is 4.73. The first-order chi connectivity index (χ1) is 9.69. The lowest BCUT2D eigenvalue weighted by Crippen LogP contribution is -2.39. The van der Waals surface area contributed by atoms with E-state index in [0.29, 0.717) is 31.0 Å². The fraction of sp³-hybridized carbons (Fsp3) is 0.500. The van der Waals surface area contributed by atoms with Crippen LogP contribution in [0.1, 0.15) is 6.42 Å². The summed E-state index contributed by atoms with van der Waals surface area (Å²) in [6, 6.07) is 7.38. The van der Waals surface area contributed by atoms with Gasteiger partial charge in [-0.25, -0.2) is 0 Å². The number of aliphatic hydroxyl groups is 1. The second-order valence-electron chi connectivity index (χ2n) is 4.73. The Morgan fingerprint density at radius 2 is 2.20 bits per heavy atom. The highest BCUT2D eigenvalue weighted by Gasteiger charge is 2.21. The largest absolute Gasteiger partial charge is 0.493 e. The molecule has 110 valence electrons. The fourth-order valence-electron chi connectivity index (χ4n) is 2.04. The Morgan fingerprint density at radius 3 is 2.85 bits per heavy atom. The number of methoxy groups -OCH3 is 1. The Balaban J connectivity index is 1.72. The van der Waals surface area contributed by atoms with E-state index >= 15 is 0 Å². The zero-order valence-electron chi connectivity index (χ0n) is 11.5. The lowest BCUT2D eigenvalue weighted by atomic mass is 10.2. The van der Waals surface area contributed by atoms with E-state index in [2.05, 4.69) is 10.6 Å². The summed E-state index contributed by atoms with van der Waals surface area (Å²) in [7, 11) is 1.57. The molecular formula is C14H20N2O4. The summed E-state index contributed by atoms with van der Waals surface area (Å²) in [6.45, 7) is 1.16. The molecule has 1 aliphatic rings. The Kier molecular flexibility index (Phi) is 5.20. The molecule has 0 saturated carbocycles. The molecule has 20 heavy (non-hydrogen) atoms. The third-order valence-corrected chi connectivity index (χ3v) is 3.12. The number of amides is 1. The Morgan fingerprint density at radius 1 is 1.45 bits per heavy atom. The molecule has 2 atom stereocenters. The van der Waals surface area contributed by atoms with Gasteiger partial charge in [0.1, 0.15) is 12.7 Å². The molecule has 0 spiro atoms. The first kappa shape index (κ1) is 14.6. The number of carbonyl (C=O) groups is 1. The first-order valence-electron chi connectivity index (χ1n) is 6.63. The van der Waals surface area contributed by atoms with Crippen LogP contribution in [0, 0.1) is 0 Å². The zero-order valence-corrected chi connectivity index (χ0v) is 11.5. The topological polar surface area (TPSA) is 79.8 Å². The highest BCUT2D eigenvalue weighted by molar-refractivity contribution is 5.78. The van der Waals surface area contributed by atoms with Gasteiger partial charge in [-0.3, -0.25) is 4.79 Å². The molecule has 6 nitrogen and oxygen atoms in total. The lowest BCUT2D eigenvalue weighted by Gasteiger charge is -2.16. The van der Waals surface area contributed by atoms with Crippen LogP contribution in [-0.4, -0.2) is 50.0 Å². The van der Waals surface area contributed by atoms with Gasteiger partial charge in [-0.2, -0.15) is 0 Å². The van der Waals surface area contributed by atoms with Crippen molar-refractivity contribution in [1.29, 1.82) is 0 Å². The minimum absolute atomic E-state index is 0.0438.